The van der Waals surface area contributed by atoms with Crippen molar-refractivity contribution in [1.82, 2.24) is 0 Å². The zero-order valence-corrected chi connectivity index (χ0v) is 33.5. The molecule has 0 aliphatic heterocycles. The molecule has 0 amide bonds. The van der Waals surface area contributed by atoms with Crippen LogP contribution < -0.4 is 15.3 Å². The van der Waals surface area contributed by atoms with E-state index in [1.807, 2.05) is 18.2 Å². The largest absolute Gasteiger partial charge is 0.310 e. The van der Waals surface area contributed by atoms with Crippen LogP contribution in [0.5, 0.6) is 0 Å². The molecule has 59 heavy (non-hydrogen) atoms. The molecule has 1 heteroatoms. The van der Waals surface area contributed by atoms with Crippen LogP contribution in [-0.4, -0.2) is 0 Å². The summed E-state index contributed by atoms with van der Waals surface area (Å²) < 4.78 is 0. The molecule has 0 fully saturated rings. The van der Waals surface area contributed by atoms with Gasteiger partial charge in [-0.3, -0.25) is 0 Å². The molecule has 8 aromatic rings. The molecule has 0 bridgehead atoms. The van der Waals surface area contributed by atoms with Gasteiger partial charge in [0.1, 0.15) is 0 Å². The zero-order chi connectivity index (χ0) is 40.2. The molecule has 284 valence electrons. The van der Waals surface area contributed by atoms with Gasteiger partial charge in [0.15, 0.2) is 0 Å². The Bertz CT molecular complexity index is 2870. The summed E-state index contributed by atoms with van der Waals surface area (Å²) in [6.45, 7) is 6.24. The molecular formula is C58H47N. The van der Waals surface area contributed by atoms with Gasteiger partial charge in [0.05, 0.1) is 0 Å². The fraction of sp³-hybridized carbons (Fsp3) is 0.0345. The van der Waals surface area contributed by atoms with Crippen LogP contribution in [0.15, 0.2) is 236 Å². The van der Waals surface area contributed by atoms with Gasteiger partial charge >= 0.3 is 0 Å². The summed E-state index contributed by atoms with van der Waals surface area (Å²) >= 11 is 0. The first-order valence-corrected chi connectivity index (χ1v) is 20.3. The first-order chi connectivity index (χ1) is 29.1. The predicted octanol–water partition coefficient (Wildman–Crippen LogP) is 14.0. The second kappa shape index (κ2) is 18.6. The normalized spacial score (nSPS) is 12.5. The number of anilines is 2. The maximum absolute atomic E-state index is 4.15. The molecule has 8 aromatic carbocycles. The molecule has 0 radical (unpaired) electrons. The molecule has 0 aromatic heterocycles. The van der Waals surface area contributed by atoms with Crippen LogP contribution in [0.2, 0.25) is 0 Å². The Kier molecular flexibility index (Phi) is 12.1. The average Bonchev–Trinajstić information content (AvgIpc) is 3.29. The highest BCUT2D eigenvalue weighted by molar-refractivity contribution is 5.97. The number of nitrogens with zero attached hydrogens (tertiary/aromatic N) is 1. The van der Waals surface area contributed by atoms with Crippen molar-refractivity contribution < 1.29 is 0 Å². The average molecular weight is 758 g/mol. The van der Waals surface area contributed by atoms with Crippen LogP contribution in [0.1, 0.15) is 23.6 Å². The summed E-state index contributed by atoms with van der Waals surface area (Å²) in [5.41, 5.74) is 12.7. The van der Waals surface area contributed by atoms with E-state index in [0.717, 1.165) is 50.6 Å². The summed E-state index contributed by atoms with van der Waals surface area (Å²) in [5, 5.41) is 4.66. The molecule has 0 spiro atoms. The van der Waals surface area contributed by atoms with Gasteiger partial charge in [0, 0.05) is 17.1 Å². The number of hydrogen-bond donors (Lipinski definition) is 0. The monoisotopic (exact) mass is 757 g/mol. The number of rotatable bonds is 12. The summed E-state index contributed by atoms with van der Waals surface area (Å²) in [7, 11) is 0. The van der Waals surface area contributed by atoms with E-state index in [0.29, 0.717) is 0 Å². The number of allylic oxidation sites excluding steroid dienone is 6. The third-order valence-electron chi connectivity index (χ3n) is 10.6. The molecule has 0 saturated carbocycles. The molecule has 0 unspecified atom stereocenters. The highest BCUT2D eigenvalue weighted by Crippen LogP contribution is 2.36. The van der Waals surface area contributed by atoms with Gasteiger partial charge in [-0.25, -0.2) is 0 Å². The van der Waals surface area contributed by atoms with E-state index in [9.17, 15) is 0 Å². The molecule has 1 nitrogen and oxygen atoms in total. The van der Waals surface area contributed by atoms with E-state index in [4.69, 9.17) is 0 Å². The molecule has 0 heterocycles. The molecule has 0 aliphatic rings. The lowest BCUT2D eigenvalue weighted by molar-refractivity contribution is 1.19. The van der Waals surface area contributed by atoms with E-state index in [-0.39, 0.29) is 0 Å². The molecular weight excluding hydrogens is 711 g/mol. The van der Waals surface area contributed by atoms with Gasteiger partial charge in [0.2, 0.25) is 0 Å². The fourth-order valence-electron chi connectivity index (χ4n) is 7.51. The lowest BCUT2D eigenvalue weighted by Gasteiger charge is -2.27. The zero-order valence-electron chi connectivity index (χ0n) is 33.5. The van der Waals surface area contributed by atoms with Crippen molar-refractivity contribution in [2.45, 2.75) is 13.3 Å². The standard InChI is InChI=1S/C58H47N/c1-3-17-56(43-53(49-24-8-5-9-25-49)42-46-30-34-50(35-31-46)48-22-6-4-7-23-48)59(54-38-32-45(33-39-54)19-11-13-21-47-20-12-10-18-44(47)2)55-40-36-52(37-41-55)58-29-16-27-51-26-14-15-28-57(51)58/h3-18,20-43H,2,19H2,1H3/b13-11-,17-3-,47-21-,53-42-,56-43+. The van der Waals surface area contributed by atoms with Crippen LogP contribution in [0.25, 0.3) is 57.3 Å². The summed E-state index contributed by atoms with van der Waals surface area (Å²) in [6.07, 6.45) is 16.2. The topological polar surface area (TPSA) is 3.24 Å². The van der Waals surface area contributed by atoms with Gasteiger partial charge in [0.25, 0.3) is 0 Å². The first kappa shape index (κ1) is 38.4. The Morgan fingerprint density at radius 1 is 0.559 bits per heavy atom. The molecule has 0 aliphatic carbocycles. The molecule has 0 atom stereocenters. The Labute approximate surface area is 348 Å². The summed E-state index contributed by atoms with van der Waals surface area (Å²) in [4.78, 5) is 2.36. The third-order valence-corrected chi connectivity index (χ3v) is 10.6. The second-order valence-corrected chi connectivity index (χ2v) is 14.6. The summed E-state index contributed by atoms with van der Waals surface area (Å²) in [5.74, 6) is 0. The third kappa shape index (κ3) is 9.39. The van der Waals surface area contributed by atoms with E-state index < -0.39 is 0 Å². The van der Waals surface area contributed by atoms with Crippen molar-refractivity contribution in [1.29, 1.82) is 0 Å². The van der Waals surface area contributed by atoms with E-state index in [1.165, 1.54) is 38.6 Å². The van der Waals surface area contributed by atoms with Gasteiger partial charge in [-0.05, 0) is 122 Å². The Morgan fingerprint density at radius 2 is 1.17 bits per heavy atom. The van der Waals surface area contributed by atoms with Crippen LogP contribution in [0, 0.1) is 0 Å². The Morgan fingerprint density at radius 3 is 1.90 bits per heavy atom. The smallest absolute Gasteiger partial charge is 0.0464 e. The number of benzene rings is 8. The summed E-state index contributed by atoms with van der Waals surface area (Å²) in [6, 6.07) is 71.3. The van der Waals surface area contributed by atoms with E-state index in [1.54, 1.807) is 0 Å². The van der Waals surface area contributed by atoms with Crippen molar-refractivity contribution in [3.8, 4) is 22.3 Å². The van der Waals surface area contributed by atoms with Gasteiger partial charge in [-0.1, -0.05) is 207 Å². The molecule has 0 saturated heterocycles. The van der Waals surface area contributed by atoms with E-state index in [2.05, 4.69) is 243 Å². The molecule has 8 rings (SSSR count). The number of hydrogen-bond acceptors (Lipinski definition) is 1. The number of fused-ring (bicyclic) bond motifs is 1. The van der Waals surface area contributed by atoms with Crippen molar-refractivity contribution in [3.05, 3.63) is 263 Å². The van der Waals surface area contributed by atoms with Crippen LogP contribution in [0.3, 0.4) is 0 Å². The Hall–Kier alpha value is -7.48. The minimum absolute atomic E-state index is 0.831. The quantitative estimate of drug-likeness (QED) is 0.0886. The van der Waals surface area contributed by atoms with Crippen LogP contribution >= 0.6 is 0 Å². The minimum atomic E-state index is 0.831. The minimum Gasteiger partial charge on any atom is -0.310 e. The SMILES string of the molecule is C=c1cccc/c1=C/C=C\Cc1ccc(N(C(/C=C\C)=C/C(=C/c2ccc(-c3ccccc3)cc2)c2ccccc2)c2ccc(-c3cccc4ccccc34)cc2)cc1. The fourth-order valence-corrected chi connectivity index (χ4v) is 7.51. The van der Waals surface area contributed by atoms with Crippen molar-refractivity contribution in [3.63, 3.8) is 0 Å². The Balaban J connectivity index is 1.19. The highest BCUT2D eigenvalue weighted by Gasteiger charge is 2.16. The second-order valence-electron chi connectivity index (χ2n) is 14.6. The predicted molar refractivity (Wildman–Crippen MR) is 256 cm³/mol. The van der Waals surface area contributed by atoms with Crippen molar-refractivity contribution in [2.24, 2.45) is 0 Å². The maximum Gasteiger partial charge on any atom is 0.0464 e. The van der Waals surface area contributed by atoms with E-state index >= 15 is 0 Å². The highest BCUT2D eigenvalue weighted by atomic mass is 15.1. The van der Waals surface area contributed by atoms with Crippen LogP contribution in [0.4, 0.5) is 11.4 Å². The first-order valence-electron chi connectivity index (χ1n) is 20.3. The van der Waals surface area contributed by atoms with Crippen molar-refractivity contribution in [2.75, 3.05) is 4.90 Å². The lowest BCUT2D eigenvalue weighted by Crippen LogP contribution is -2.21. The van der Waals surface area contributed by atoms with Crippen LogP contribution in [-0.2, 0) is 6.42 Å². The van der Waals surface area contributed by atoms with Gasteiger partial charge in [-0.2, -0.15) is 0 Å². The maximum atomic E-state index is 4.15. The van der Waals surface area contributed by atoms with Crippen molar-refractivity contribution >= 4 is 46.5 Å². The van der Waals surface area contributed by atoms with Gasteiger partial charge < -0.3 is 4.90 Å². The molecule has 0 N–H and O–H groups in total. The van der Waals surface area contributed by atoms with Gasteiger partial charge in [-0.15, -0.1) is 0 Å². The lowest BCUT2D eigenvalue weighted by atomic mass is 9.97.